The highest BCUT2D eigenvalue weighted by Gasteiger charge is 2.33. The Kier molecular flexibility index (Phi) is 7.97. The standard InChI is InChI=1S/C19H20ClF3N4OS/c1-26-17(15(20)9-25)12-7-16(29-10-12)18(28)27-13(8-24)6-11-4-2-3-5-14(11)19(21,22)23/h2-5,7,9-10,13,25-26H,6,8,24H2,1H3,(H,27,28)/p+1/b17-15+,25-9?/t13-/m0/s1. The normalized spacial score (nSPS) is 13.6. The van der Waals surface area contributed by atoms with Crippen molar-refractivity contribution in [1.29, 1.82) is 5.41 Å². The molecule has 156 valence electrons. The number of quaternary nitrogens is 1. The van der Waals surface area contributed by atoms with Crippen molar-refractivity contribution in [1.82, 2.24) is 5.32 Å². The minimum atomic E-state index is -4.48. The van der Waals surface area contributed by atoms with Crippen LogP contribution in [0.15, 0.2) is 40.7 Å². The first kappa shape index (κ1) is 23.1. The van der Waals surface area contributed by atoms with E-state index in [0.717, 1.165) is 12.3 Å². The molecule has 1 aromatic carbocycles. The van der Waals surface area contributed by atoms with Gasteiger partial charge in [0, 0.05) is 29.7 Å². The largest absolute Gasteiger partial charge is 0.416 e. The Balaban J connectivity index is 2.17. The number of halogens is 4. The fraction of sp³-hybridized carbons (Fsp3) is 0.263. The lowest BCUT2D eigenvalue weighted by atomic mass is 9.99. The molecule has 1 heterocycles. The summed E-state index contributed by atoms with van der Waals surface area (Å²) in [7, 11) is 1.77. The number of alkyl halides is 3. The summed E-state index contributed by atoms with van der Waals surface area (Å²) < 4.78 is 39.6. The van der Waals surface area contributed by atoms with E-state index in [2.05, 4.69) is 5.32 Å². The van der Waals surface area contributed by atoms with Gasteiger partial charge in [-0.05, 0) is 24.1 Å². The molecule has 0 aliphatic carbocycles. The highest BCUT2D eigenvalue weighted by atomic mass is 35.5. The molecule has 0 fully saturated rings. The summed E-state index contributed by atoms with van der Waals surface area (Å²) in [5.74, 6) is -0.428. The Morgan fingerprint density at radius 2 is 2.10 bits per heavy atom. The van der Waals surface area contributed by atoms with Gasteiger partial charge in [-0.3, -0.25) is 4.79 Å². The number of benzene rings is 1. The minimum absolute atomic E-state index is 0.0102. The number of rotatable bonds is 8. The van der Waals surface area contributed by atoms with Crippen molar-refractivity contribution in [3.63, 3.8) is 0 Å². The zero-order valence-electron chi connectivity index (χ0n) is 15.5. The molecule has 0 saturated carbocycles. The van der Waals surface area contributed by atoms with Crippen LogP contribution < -0.4 is 16.4 Å². The molecule has 0 aliphatic rings. The van der Waals surface area contributed by atoms with Crippen LogP contribution in [0.3, 0.4) is 0 Å². The Morgan fingerprint density at radius 3 is 2.69 bits per heavy atom. The van der Waals surface area contributed by atoms with Crippen molar-refractivity contribution < 1.29 is 23.3 Å². The number of hydrogen-bond donors (Lipinski definition) is 4. The molecular weight excluding hydrogens is 425 g/mol. The number of carbonyl (C=O) groups excluding carboxylic acids is 1. The number of amides is 1. The maximum absolute atomic E-state index is 13.2. The van der Waals surface area contributed by atoms with Crippen LogP contribution in [0.5, 0.6) is 0 Å². The Bertz CT molecular complexity index is 911. The van der Waals surface area contributed by atoms with Crippen LogP contribution in [-0.4, -0.2) is 31.8 Å². The molecule has 10 heteroatoms. The van der Waals surface area contributed by atoms with Crippen LogP contribution in [0.1, 0.15) is 26.4 Å². The summed E-state index contributed by atoms with van der Waals surface area (Å²) in [6, 6.07) is 6.21. The highest BCUT2D eigenvalue weighted by Crippen LogP contribution is 2.32. The third-order valence-corrected chi connectivity index (χ3v) is 5.46. The first-order chi connectivity index (χ1) is 13.7. The SMILES string of the molecule is C[NH2+]/C(=C(/Cl)C=N)c1csc(C(=O)N[C@H](CN)Cc2ccccc2C(F)(F)F)c1. The van der Waals surface area contributed by atoms with Gasteiger partial charge in [-0.25, -0.2) is 0 Å². The molecule has 5 nitrogen and oxygen atoms in total. The second kappa shape index (κ2) is 10.0. The van der Waals surface area contributed by atoms with Crippen molar-refractivity contribution in [2.24, 2.45) is 5.73 Å². The molecule has 0 unspecified atom stereocenters. The van der Waals surface area contributed by atoms with Crippen molar-refractivity contribution >= 4 is 40.8 Å². The van der Waals surface area contributed by atoms with Crippen molar-refractivity contribution in [2.75, 3.05) is 13.6 Å². The molecule has 1 aromatic heterocycles. The van der Waals surface area contributed by atoms with E-state index in [9.17, 15) is 18.0 Å². The van der Waals surface area contributed by atoms with E-state index in [-0.39, 0.29) is 23.6 Å². The van der Waals surface area contributed by atoms with Gasteiger partial charge in [-0.2, -0.15) is 13.2 Å². The molecule has 0 bridgehead atoms. The van der Waals surface area contributed by atoms with Crippen molar-refractivity contribution in [3.05, 3.63) is 62.3 Å². The lowest BCUT2D eigenvalue weighted by Gasteiger charge is -2.19. The summed E-state index contributed by atoms with van der Waals surface area (Å²) >= 11 is 7.18. The first-order valence-corrected chi connectivity index (χ1v) is 9.91. The molecule has 0 saturated heterocycles. The zero-order chi connectivity index (χ0) is 21.6. The van der Waals surface area contributed by atoms with Gasteiger partial charge in [0.05, 0.1) is 17.5 Å². The van der Waals surface area contributed by atoms with E-state index >= 15 is 0 Å². The van der Waals surface area contributed by atoms with Gasteiger partial charge >= 0.3 is 6.18 Å². The van der Waals surface area contributed by atoms with E-state index < -0.39 is 23.7 Å². The number of allylic oxidation sites excluding steroid dienone is 1. The fourth-order valence-electron chi connectivity index (χ4n) is 2.81. The predicted octanol–water partition coefficient (Wildman–Crippen LogP) is 2.82. The third kappa shape index (κ3) is 5.89. The average Bonchev–Trinajstić information content (AvgIpc) is 3.17. The number of nitrogens with one attached hydrogen (secondary N) is 2. The zero-order valence-corrected chi connectivity index (χ0v) is 17.1. The summed E-state index contributed by atoms with van der Waals surface area (Å²) in [4.78, 5) is 12.9. The summed E-state index contributed by atoms with van der Waals surface area (Å²) in [6.07, 6.45) is -3.50. The highest BCUT2D eigenvalue weighted by molar-refractivity contribution is 7.12. The molecule has 2 rings (SSSR count). The topological polar surface area (TPSA) is 95.6 Å². The average molecular weight is 446 g/mol. The number of hydrogen-bond acceptors (Lipinski definition) is 4. The molecule has 2 aromatic rings. The van der Waals surface area contributed by atoms with Crippen LogP contribution >= 0.6 is 22.9 Å². The van der Waals surface area contributed by atoms with Crippen LogP contribution in [0.4, 0.5) is 13.2 Å². The van der Waals surface area contributed by atoms with E-state index in [1.54, 1.807) is 23.8 Å². The van der Waals surface area contributed by atoms with Crippen molar-refractivity contribution in [3.8, 4) is 0 Å². The monoisotopic (exact) mass is 445 g/mol. The number of thiophene rings is 1. The minimum Gasteiger partial charge on any atom is -0.347 e. The molecule has 0 spiro atoms. The molecular formula is C19H21ClF3N4OS+. The van der Waals surface area contributed by atoms with Gasteiger partial charge < -0.3 is 21.8 Å². The summed E-state index contributed by atoms with van der Waals surface area (Å²) in [5.41, 5.74) is 6.33. The van der Waals surface area contributed by atoms with Gasteiger partial charge in [0.2, 0.25) is 0 Å². The number of nitrogens with two attached hydrogens (primary N) is 2. The lowest BCUT2D eigenvalue weighted by molar-refractivity contribution is -0.530. The van der Waals surface area contributed by atoms with Crippen LogP contribution in [0, 0.1) is 5.41 Å². The maximum atomic E-state index is 13.2. The smallest absolute Gasteiger partial charge is 0.347 e. The van der Waals surface area contributed by atoms with Gasteiger partial charge in [-0.1, -0.05) is 29.8 Å². The van der Waals surface area contributed by atoms with Crippen LogP contribution in [0.2, 0.25) is 0 Å². The fourth-order valence-corrected chi connectivity index (χ4v) is 3.83. The predicted molar refractivity (Wildman–Crippen MR) is 109 cm³/mol. The van der Waals surface area contributed by atoms with E-state index in [1.807, 2.05) is 0 Å². The Hall–Kier alpha value is -2.20. The number of carbonyl (C=O) groups is 1. The van der Waals surface area contributed by atoms with Gasteiger partial charge in [0.1, 0.15) is 5.03 Å². The second-order valence-corrected chi connectivity index (χ2v) is 7.48. The quantitative estimate of drug-likeness (QED) is 0.470. The van der Waals surface area contributed by atoms with Gasteiger partial charge in [0.25, 0.3) is 5.91 Å². The molecule has 0 radical (unpaired) electrons. The first-order valence-electron chi connectivity index (χ1n) is 8.65. The van der Waals surface area contributed by atoms with Crippen molar-refractivity contribution in [2.45, 2.75) is 18.6 Å². The van der Waals surface area contributed by atoms with E-state index in [1.165, 1.54) is 29.5 Å². The Morgan fingerprint density at radius 1 is 1.41 bits per heavy atom. The lowest BCUT2D eigenvalue weighted by Crippen LogP contribution is -2.76. The molecule has 1 amide bonds. The molecule has 29 heavy (non-hydrogen) atoms. The molecule has 6 N–H and O–H groups in total. The van der Waals surface area contributed by atoms with E-state index in [4.69, 9.17) is 22.7 Å². The van der Waals surface area contributed by atoms with Gasteiger partial charge in [0.15, 0.2) is 5.70 Å². The van der Waals surface area contributed by atoms with Crippen LogP contribution in [-0.2, 0) is 12.6 Å². The van der Waals surface area contributed by atoms with E-state index in [0.29, 0.717) is 16.1 Å². The Labute approximate surface area is 175 Å². The van der Waals surface area contributed by atoms with Gasteiger partial charge in [-0.15, -0.1) is 11.3 Å². The maximum Gasteiger partial charge on any atom is 0.416 e. The third-order valence-electron chi connectivity index (χ3n) is 4.22. The molecule has 1 atom stereocenters. The summed E-state index contributed by atoms with van der Waals surface area (Å²) in [5, 5.41) is 13.7. The van der Waals surface area contributed by atoms with Crippen LogP contribution in [0.25, 0.3) is 5.70 Å². The molecule has 0 aliphatic heterocycles. The summed E-state index contributed by atoms with van der Waals surface area (Å²) in [6.45, 7) is -0.0102. The second-order valence-electron chi connectivity index (χ2n) is 6.16.